The van der Waals surface area contributed by atoms with Gasteiger partial charge in [0.15, 0.2) is 0 Å². The second-order valence-corrected chi connectivity index (χ2v) is 17.3. The Bertz CT molecular complexity index is 969. The second kappa shape index (κ2) is 11.1. The van der Waals surface area contributed by atoms with Gasteiger partial charge in [-0.3, -0.25) is 4.79 Å². The summed E-state index contributed by atoms with van der Waals surface area (Å²) < 4.78 is 9.77. The van der Waals surface area contributed by atoms with Crippen molar-refractivity contribution in [2.45, 2.75) is 12.5 Å². The first-order valence-electron chi connectivity index (χ1n) is 7.53. The van der Waals surface area contributed by atoms with Crippen LogP contribution in [0.5, 0.6) is 0 Å². The maximum absolute atomic E-state index is 10.9. The third kappa shape index (κ3) is 6.53. The number of hydrogen-bond acceptors (Lipinski definition) is 4. The van der Waals surface area contributed by atoms with E-state index in [4.69, 9.17) is 20.6 Å². The molecule has 6 nitrogen and oxygen atoms in total. The molecule has 1 aliphatic heterocycles. The molecule has 2 aliphatic rings. The van der Waals surface area contributed by atoms with Crippen LogP contribution >= 0.6 is 39.0 Å². The molecule has 9 heteroatoms. The van der Waals surface area contributed by atoms with Gasteiger partial charge >= 0.3 is 55.4 Å². The molecule has 0 radical (unpaired) electrons. The number of halogens is 2. The van der Waals surface area contributed by atoms with Crippen LogP contribution in [-0.2, 0) is 20.3 Å². The third-order valence-electron chi connectivity index (χ3n) is 3.51. The fourth-order valence-corrected chi connectivity index (χ4v) is 2.31. The Morgan fingerprint density at radius 2 is 1.89 bits per heavy atom. The zero-order chi connectivity index (χ0) is 19.8. The zero-order valence-corrected chi connectivity index (χ0v) is 19.6. The summed E-state index contributed by atoms with van der Waals surface area (Å²) >= 11 is 4.65. The molecule has 1 unspecified atom stereocenters. The molecule has 1 aromatic carbocycles. The molecule has 27 heavy (non-hydrogen) atoms. The molecular weight excluding hydrogens is 668 g/mol. The number of fused-ring (bicyclic) bond motifs is 2. The van der Waals surface area contributed by atoms with E-state index in [0.717, 1.165) is 28.1 Å². The number of nitrogens with one attached hydrogen (secondary N) is 2. The smallest absolute Gasteiger partial charge is 0.320 e. The summed E-state index contributed by atoms with van der Waals surface area (Å²) in [7, 11) is 0.890. The van der Waals surface area contributed by atoms with Gasteiger partial charge in [0.05, 0.1) is 0 Å². The monoisotopic (exact) mass is 682 g/mol. The van der Waals surface area contributed by atoms with Crippen LogP contribution in [0.3, 0.4) is 0 Å². The number of para-hydroxylation sites is 1. The Morgan fingerprint density at radius 3 is 2.63 bits per heavy atom. The van der Waals surface area contributed by atoms with Gasteiger partial charge in [0.25, 0.3) is 5.97 Å². The molecule has 0 saturated carbocycles. The van der Waals surface area contributed by atoms with E-state index in [-0.39, 0.29) is 5.69 Å². The van der Waals surface area contributed by atoms with Crippen molar-refractivity contribution in [2.24, 2.45) is 0 Å². The summed E-state index contributed by atoms with van der Waals surface area (Å²) in [6.45, 7) is 0. The van der Waals surface area contributed by atoms with Crippen LogP contribution in [0.4, 0.5) is 5.69 Å². The van der Waals surface area contributed by atoms with E-state index in [1.54, 1.807) is 30.4 Å². The van der Waals surface area contributed by atoms with Crippen molar-refractivity contribution in [3.05, 3.63) is 87.9 Å². The van der Waals surface area contributed by atoms with Gasteiger partial charge in [-0.05, 0) is 30.2 Å². The molecule has 1 aromatic heterocycles. The predicted octanol–water partition coefficient (Wildman–Crippen LogP) is 5.98. The van der Waals surface area contributed by atoms with Gasteiger partial charge < -0.3 is 20.6 Å². The molecule has 0 saturated heterocycles. The Balaban J connectivity index is 0.000000170. The van der Waals surface area contributed by atoms with E-state index < -0.39 is 17.6 Å². The van der Waals surface area contributed by atoms with E-state index >= 15 is 0 Å². The molecule has 0 amide bonds. The van der Waals surface area contributed by atoms with E-state index in [1.165, 1.54) is 6.07 Å². The van der Waals surface area contributed by atoms with E-state index in [0.29, 0.717) is 11.3 Å². The summed E-state index contributed by atoms with van der Waals surface area (Å²) in [6, 6.07) is 7.79. The molecule has 1 atom stereocenters. The van der Waals surface area contributed by atoms with Crippen molar-refractivity contribution in [3.8, 4) is 0 Å². The topological polar surface area (TPSA) is 104 Å². The Kier molecular flexibility index (Phi) is 9.18. The van der Waals surface area contributed by atoms with Crippen molar-refractivity contribution < 1.29 is 24.7 Å². The van der Waals surface area contributed by atoms with E-state index in [2.05, 4.69) is 39.0 Å². The third-order valence-corrected chi connectivity index (χ3v) is 3.51. The van der Waals surface area contributed by atoms with Crippen LogP contribution in [0.25, 0.3) is 22.4 Å². The standard InChI is InChI=1S/C9H8NO2.C9H6NO2.2HI.Pd/c2*10-7-5-6-3-1-2-4-8(6)12-9(7)11;;;/h1-2,4-5,7,10H,3H2;1-5,10H;2*1H;/q2*-1;;;+2/p-2. The van der Waals surface area contributed by atoms with Crippen molar-refractivity contribution in [3.63, 3.8) is 0 Å². The van der Waals surface area contributed by atoms with Crippen molar-refractivity contribution >= 4 is 61.7 Å². The normalized spacial score (nSPS) is 17.4. The molecule has 1 aliphatic carbocycles. The molecular formula is C18H14I2N2O4Pd-2. The molecule has 0 fully saturated rings. The molecule has 4 rings (SSSR count). The number of esters is 1. The quantitative estimate of drug-likeness (QED) is 0.148. The minimum atomic E-state index is -0.844. The van der Waals surface area contributed by atoms with Gasteiger partial charge in [0.2, 0.25) is 0 Å². The molecule has 2 heterocycles. The summed E-state index contributed by atoms with van der Waals surface area (Å²) in [5.74, 6) is 0.117. The predicted molar refractivity (Wildman–Crippen MR) is 119 cm³/mol. The van der Waals surface area contributed by atoms with Crippen LogP contribution in [0, 0.1) is 0 Å². The van der Waals surface area contributed by atoms with Gasteiger partial charge in [-0.1, -0.05) is 48.2 Å². The van der Waals surface area contributed by atoms with Crippen LogP contribution < -0.4 is 5.63 Å². The minimum Gasteiger partial charge on any atom is -0.693 e. The summed E-state index contributed by atoms with van der Waals surface area (Å²) in [6.07, 6.45) is 7.97. The summed E-state index contributed by atoms with van der Waals surface area (Å²) in [5, 5.41) is 0.780. The average molecular weight is 683 g/mol. The first kappa shape index (κ1) is 22.3. The first-order valence-corrected chi connectivity index (χ1v) is 16.8. The van der Waals surface area contributed by atoms with Gasteiger partial charge in [0.1, 0.15) is 11.3 Å². The number of carbonyl (C=O) groups is 1. The maximum Gasteiger partial charge on any atom is 0.320 e. The number of carbonyl (C=O) groups excluding carboxylic acids is 1. The summed E-state index contributed by atoms with van der Waals surface area (Å²) in [4.78, 5) is 21.8. The number of hydrogen-bond donors (Lipinski definition) is 0. The SMILES string of the molecule is [I][Pd][I].[NH-]C1C=C2CC=CC=C2OC1=O.[NH-]c1cc2ccccc2oc1=O. The second-order valence-electron chi connectivity index (χ2n) is 5.28. The van der Waals surface area contributed by atoms with E-state index in [9.17, 15) is 9.59 Å². The van der Waals surface area contributed by atoms with Crippen LogP contribution in [0.15, 0.2) is 75.2 Å². The maximum atomic E-state index is 10.9. The Hall–Kier alpha value is -0.998. The van der Waals surface area contributed by atoms with Crippen molar-refractivity contribution in [1.82, 2.24) is 0 Å². The number of allylic oxidation sites excluding steroid dienone is 4. The minimum absolute atomic E-state index is 0.103. The van der Waals surface area contributed by atoms with Gasteiger partial charge in [-0.2, -0.15) is 0 Å². The molecule has 146 valence electrons. The molecule has 2 aromatic rings. The average Bonchev–Trinajstić information content (AvgIpc) is 2.65. The molecule has 0 spiro atoms. The molecule has 0 bridgehead atoms. The van der Waals surface area contributed by atoms with Gasteiger partial charge in [-0.25, -0.2) is 4.79 Å². The Labute approximate surface area is 185 Å². The first-order chi connectivity index (χ1) is 13.0. The number of rotatable bonds is 0. The van der Waals surface area contributed by atoms with Crippen molar-refractivity contribution in [2.75, 3.05) is 0 Å². The fraction of sp³-hybridized carbons (Fsp3) is 0.111. The van der Waals surface area contributed by atoms with Crippen LogP contribution in [-0.4, -0.2) is 12.0 Å². The fourth-order valence-electron chi connectivity index (χ4n) is 2.31. The van der Waals surface area contributed by atoms with Crippen LogP contribution in [0.1, 0.15) is 6.42 Å². The number of benzene rings is 1. The van der Waals surface area contributed by atoms with Gasteiger partial charge in [-0.15, -0.1) is 0 Å². The zero-order valence-electron chi connectivity index (χ0n) is 13.7. The van der Waals surface area contributed by atoms with E-state index in [1.807, 2.05) is 18.2 Å². The largest absolute Gasteiger partial charge is 0.693 e. The number of ether oxygens (including phenoxy) is 1. The van der Waals surface area contributed by atoms with Gasteiger partial charge in [0, 0.05) is 5.39 Å². The van der Waals surface area contributed by atoms with Crippen molar-refractivity contribution in [1.29, 1.82) is 0 Å². The Morgan fingerprint density at radius 1 is 1.19 bits per heavy atom. The molecule has 2 N–H and O–H groups in total. The summed E-state index contributed by atoms with van der Waals surface area (Å²) in [5.41, 5.74) is 15.3. The van der Waals surface area contributed by atoms with Crippen LogP contribution in [0.2, 0.25) is 0 Å².